The van der Waals surface area contributed by atoms with Gasteiger partial charge in [0.15, 0.2) is 5.58 Å². The van der Waals surface area contributed by atoms with Crippen LogP contribution in [0.4, 0.5) is 4.39 Å². The van der Waals surface area contributed by atoms with Gasteiger partial charge in [-0.25, -0.2) is 9.37 Å². The van der Waals surface area contributed by atoms with Gasteiger partial charge in [0.1, 0.15) is 11.3 Å². The Morgan fingerprint density at radius 3 is 3.00 bits per heavy atom. The minimum absolute atomic E-state index is 0.237. The largest absolute Gasteiger partial charge is 0.430 e. The summed E-state index contributed by atoms with van der Waals surface area (Å²) in [5, 5.41) is 0.237. The van der Waals surface area contributed by atoms with E-state index in [9.17, 15) is 4.39 Å². The quantitative estimate of drug-likeness (QED) is 0.737. The van der Waals surface area contributed by atoms with Crippen molar-refractivity contribution in [3.05, 3.63) is 21.9 Å². The summed E-state index contributed by atoms with van der Waals surface area (Å²) in [6.45, 7) is 1.67. The number of nitrogens with zero attached hydrogens (tertiary/aromatic N) is 1. The summed E-state index contributed by atoms with van der Waals surface area (Å²) in [5.74, 6) is -0.305. The smallest absolute Gasteiger partial charge is 0.253 e. The third kappa shape index (κ3) is 1.36. The highest BCUT2D eigenvalue weighted by atomic mass is 79.9. The van der Waals surface area contributed by atoms with Gasteiger partial charge in [-0.3, -0.25) is 0 Å². The van der Waals surface area contributed by atoms with Crippen LogP contribution in [0.3, 0.4) is 0 Å². The average molecular weight is 262 g/mol. The molecule has 5 heteroatoms. The van der Waals surface area contributed by atoms with Gasteiger partial charge in [-0.2, -0.15) is 0 Å². The lowest BCUT2D eigenvalue weighted by Gasteiger charge is -1.98. The number of halogens is 2. The van der Waals surface area contributed by atoms with Gasteiger partial charge >= 0.3 is 0 Å². The summed E-state index contributed by atoms with van der Waals surface area (Å²) in [6, 6.07) is 1.33. The highest BCUT2D eigenvalue weighted by Crippen LogP contribution is 2.30. The maximum absolute atomic E-state index is 13.2. The second-order valence-corrected chi connectivity index (χ2v) is 3.82. The Labute approximate surface area is 87.7 Å². The lowest BCUT2D eigenvalue weighted by Crippen LogP contribution is -1.84. The first-order valence-electron chi connectivity index (χ1n) is 3.53. The fraction of sp³-hybridized carbons (Fsp3) is 0.125. The summed E-state index contributed by atoms with van der Waals surface area (Å²) >= 11 is 7.17. The van der Waals surface area contributed by atoms with Crippen molar-refractivity contribution in [1.29, 1.82) is 0 Å². The van der Waals surface area contributed by atoms with Crippen molar-refractivity contribution in [1.82, 2.24) is 4.98 Å². The molecule has 1 aromatic heterocycles. The summed E-state index contributed by atoms with van der Waals surface area (Å²) < 4.78 is 18.9. The van der Waals surface area contributed by atoms with Gasteiger partial charge in [-0.1, -0.05) is 12.6 Å². The van der Waals surface area contributed by atoms with E-state index in [0.29, 0.717) is 21.1 Å². The predicted octanol–water partition coefficient (Wildman–Crippen LogP) is 3.33. The van der Waals surface area contributed by atoms with Gasteiger partial charge in [0.25, 0.3) is 5.22 Å². The molecule has 0 aliphatic carbocycles. The number of hydrogen-bond donors (Lipinski definition) is 1. The first-order valence-corrected chi connectivity index (χ1v) is 4.77. The Kier molecular flexibility index (Phi) is 2.08. The molecule has 0 radical (unpaired) electrons. The van der Waals surface area contributed by atoms with Crippen LogP contribution >= 0.6 is 28.6 Å². The topological polar surface area (TPSA) is 26.0 Å². The SMILES string of the molecule is Cc1c(F)cc2nc(S)oc2c1Br. The third-order valence-corrected chi connectivity index (χ3v) is 2.94. The number of thiol groups is 1. The molecule has 2 aromatic rings. The first kappa shape index (κ1) is 9.02. The van der Waals surface area contributed by atoms with Crippen molar-refractivity contribution < 1.29 is 8.81 Å². The molecule has 1 aromatic carbocycles. The number of hydrogen-bond acceptors (Lipinski definition) is 3. The second-order valence-electron chi connectivity index (χ2n) is 2.64. The Balaban J connectivity index is 2.92. The van der Waals surface area contributed by atoms with Gasteiger partial charge in [0.2, 0.25) is 0 Å². The summed E-state index contributed by atoms with van der Waals surface area (Å²) in [7, 11) is 0. The minimum Gasteiger partial charge on any atom is -0.430 e. The van der Waals surface area contributed by atoms with E-state index >= 15 is 0 Å². The van der Waals surface area contributed by atoms with E-state index in [4.69, 9.17) is 4.42 Å². The average Bonchev–Trinajstić information content (AvgIpc) is 2.42. The van der Waals surface area contributed by atoms with Gasteiger partial charge in [0.05, 0.1) is 4.47 Å². The van der Waals surface area contributed by atoms with E-state index in [1.165, 1.54) is 6.07 Å². The van der Waals surface area contributed by atoms with Crippen molar-refractivity contribution in [2.24, 2.45) is 0 Å². The molecule has 0 amide bonds. The molecule has 0 spiro atoms. The number of benzene rings is 1. The lowest BCUT2D eigenvalue weighted by atomic mass is 10.2. The summed E-state index contributed by atoms with van der Waals surface area (Å²) in [5.41, 5.74) is 1.51. The molecule has 0 aliphatic heterocycles. The van der Waals surface area contributed by atoms with Crippen molar-refractivity contribution >= 4 is 39.7 Å². The molecule has 13 heavy (non-hydrogen) atoms. The maximum atomic E-state index is 13.2. The van der Waals surface area contributed by atoms with E-state index in [1.54, 1.807) is 6.92 Å². The molecule has 0 aliphatic rings. The summed E-state index contributed by atoms with van der Waals surface area (Å²) in [6.07, 6.45) is 0. The Bertz CT molecular complexity index is 482. The molecule has 0 bridgehead atoms. The molecular formula is C8H5BrFNOS. The monoisotopic (exact) mass is 261 g/mol. The predicted molar refractivity (Wildman–Crippen MR) is 53.7 cm³/mol. The van der Waals surface area contributed by atoms with Gasteiger partial charge in [0, 0.05) is 11.6 Å². The van der Waals surface area contributed by atoms with E-state index in [1.807, 2.05) is 0 Å². The van der Waals surface area contributed by atoms with Crippen LogP contribution in [-0.4, -0.2) is 4.98 Å². The lowest BCUT2D eigenvalue weighted by molar-refractivity contribution is 0.490. The van der Waals surface area contributed by atoms with Crippen molar-refractivity contribution in [2.75, 3.05) is 0 Å². The number of fused-ring (bicyclic) bond motifs is 1. The molecule has 68 valence electrons. The standard InChI is InChI=1S/C8H5BrFNOS/c1-3-4(10)2-5-7(6(3)9)12-8(13)11-5/h2H,1H3,(H,11,13). The molecule has 0 N–H and O–H groups in total. The van der Waals surface area contributed by atoms with Crippen LogP contribution < -0.4 is 0 Å². The zero-order chi connectivity index (χ0) is 9.59. The molecule has 1 heterocycles. The van der Waals surface area contributed by atoms with Gasteiger partial charge in [-0.15, -0.1) is 0 Å². The van der Waals surface area contributed by atoms with Crippen LogP contribution in [0.5, 0.6) is 0 Å². The first-order chi connectivity index (χ1) is 6.09. The van der Waals surface area contributed by atoms with E-state index in [-0.39, 0.29) is 11.0 Å². The van der Waals surface area contributed by atoms with Crippen LogP contribution in [-0.2, 0) is 0 Å². The van der Waals surface area contributed by atoms with Crippen molar-refractivity contribution in [3.63, 3.8) is 0 Å². The fourth-order valence-electron chi connectivity index (χ4n) is 1.08. The molecule has 0 atom stereocenters. The molecule has 0 saturated carbocycles. The molecule has 0 unspecified atom stereocenters. The van der Waals surface area contributed by atoms with Gasteiger partial charge < -0.3 is 4.42 Å². The highest BCUT2D eigenvalue weighted by Gasteiger charge is 2.12. The number of oxazole rings is 1. The maximum Gasteiger partial charge on any atom is 0.253 e. The van der Waals surface area contributed by atoms with E-state index in [2.05, 4.69) is 33.5 Å². The molecule has 2 nitrogen and oxygen atoms in total. The van der Waals surface area contributed by atoms with Crippen molar-refractivity contribution in [3.8, 4) is 0 Å². The van der Waals surface area contributed by atoms with Gasteiger partial charge in [-0.05, 0) is 22.9 Å². The van der Waals surface area contributed by atoms with Crippen molar-refractivity contribution in [2.45, 2.75) is 12.1 Å². The minimum atomic E-state index is -0.305. The molecule has 0 saturated heterocycles. The number of aromatic nitrogens is 1. The summed E-state index contributed by atoms with van der Waals surface area (Å²) in [4.78, 5) is 3.90. The Hall–Kier alpha value is -0.550. The zero-order valence-electron chi connectivity index (χ0n) is 6.64. The number of rotatable bonds is 0. The Morgan fingerprint density at radius 1 is 1.62 bits per heavy atom. The molecule has 2 rings (SSSR count). The highest BCUT2D eigenvalue weighted by molar-refractivity contribution is 9.10. The molecule has 0 fully saturated rings. The second kappa shape index (κ2) is 2.99. The van der Waals surface area contributed by atoms with Crippen LogP contribution in [0.15, 0.2) is 20.2 Å². The fourth-order valence-corrected chi connectivity index (χ4v) is 1.75. The molecular weight excluding hydrogens is 257 g/mol. The normalized spacial score (nSPS) is 11.1. The Morgan fingerprint density at radius 2 is 2.31 bits per heavy atom. The third-order valence-electron chi connectivity index (χ3n) is 1.79. The zero-order valence-corrected chi connectivity index (χ0v) is 9.12. The van der Waals surface area contributed by atoms with Crippen LogP contribution in [0, 0.1) is 12.7 Å². The van der Waals surface area contributed by atoms with Crippen LogP contribution in [0.1, 0.15) is 5.56 Å². The van der Waals surface area contributed by atoms with Crippen LogP contribution in [0.25, 0.3) is 11.1 Å². The van der Waals surface area contributed by atoms with E-state index < -0.39 is 0 Å². The van der Waals surface area contributed by atoms with Crippen LogP contribution in [0.2, 0.25) is 0 Å². The van der Waals surface area contributed by atoms with E-state index in [0.717, 1.165) is 0 Å².